The van der Waals surface area contributed by atoms with Gasteiger partial charge in [-0.2, -0.15) is 0 Å². The second-order valence-electron chi connectivity index (χ2n) is 4.45. The molecule has 1 rings (SSSR count). The van der Waals surface area contributed by atoms with Crippen LogP contribution in [0.15, 0.2) is 0 Å². The smallest absolute Gasteiger partial charge is 0.0646 e. The zero-order valence-corrected chi connectivity index (χ0v) is 8.31. The van der Waals surface area contributed by atoms with Crippen molar-refractivity contribution in [1.82, 2.24) is 0 Å². The molecule has 0 spiro atoms. The predicted octanol–water partition coefficient (Wildman–Crippen LogP) is 1.93. The number of rotatable bonds is 3. The molecule has 0 radical (unpaired) electrons. The van der Waals surface area contributed by atoms with Gasteiger partial charge < -0.3 is 10.5 Å². The molecule has 0 saturated carbocycles. The van der Waals surface area contributed by atoms with Crippen LogP contribution >= 0.6 is 0 Å². The summed E-state index contributed by atoms with van der Waals surface area (Å²) in [6.45, 7) is 6.15. The van der Waals surface area contributed by atoms with Crippen molar-refractivity contribution in [1.29, 1.82) is 0 Å². The van der Waals surface area contributed by atoms with Crippen LogP contribution in [0, 0.1) is 5.92 Å². The van der Waals surface area contributed by atoms with Crippen molar-refractivity contribution >= 4 is 0 Å². The Kier molecular flexibility index (Phi) is 3.53. The molecule has 0 aromatic rings. The van der Waals surface area contributed by atoms with Gasteiger partial charge in [-0.3, -0.25) is 0 Å². The average Bonchev–Trinajstić information content (AvgIpc) is 2.03. The van der Waals surface area contributed by atoms with E-state index in [1.165, 1.54) is 6.42 Å². The molecular weight excluding hydrogens is 150 g/mol. The summed E-state index contributed by atoms with van der Waals surface area (Å²) in [7, 11) is 0. The number of hydrogen-bond donors (Lipinski definition) is 1. The van der Waals surface area contributed by atoms with Gasteiger partial charge in [0.15, 0.2) is 0 Å². The minimum atomic E-state index is -0.0114. The molecule has 2 nitrogen and oxygen atoms in total. The van der Waals surface area contributed by atoms with Gasteiger partial charge in [0.05, 0.1) is 6.61 Å². The maximum atomic E-state index is 6.18. The van der Waals surface area contributed by atoms with Gasteiger partial charge in [0, 0.05) is 12.1 Å². The lowest BCUT2D eigenvalue weighted by atomic mass is 9.86. The normalized spacial score (nSPS) is 31.0. The Morgan fingerprint density at radius 3 is 2.75 bits per heavy atom. The standard InChI is InChI=1S/C10H21NO/c1-9(2)4-6-10(11)5-3-7-12-8-10/h9H,3-8,11H2,1-2H3. The quantitative estimate of drug-likeness (QED) is 0.704. The maximum absolute atomic E-state index is 6.18. The third kappa shape index (κ3) is 3.11. The maximum Gasteiger partial charge on any atom is 0.0646 e. The van der Waals surface area contributed by atoms with Crippen molar-refractivity contribution in [2.45, 2.75) is 45.1 Å². The summed E-state index contributed by atoms with van der Waals surface area (Å²) in [6.07, 6.45) is 4.61. The van der Waals surface area contributed by atoms with Crippen LogP contribution in [-0.2, 0) is 4.74 Å². The van der Waals surface area contributed by atoms with E-state index in [1.807, 2.05) is 0 Å². The first-order valence-electron chi connectivity index (χ1n) is 4.99. The zero-order valence-electron chi connectivity index (χ0n) is 8.31. The third-order valence-corrected chi connectivity index (χ3v) is 2.57. The van der Waals surface area contributed by atoms with E-state index in [2.05, 4.69) is 13.8 Å². The van der Waals surface area contributed by atoms with Crippen LogP contribution < -0.4 is 5.73 Å². The van der Waals surface area contributed by atoms with Crippen molar-refractivity contribution in [2.75, 3.05) is 13.2 Å². The van der Waals surface area contributed by atoms with Crippen molar-refractivity contribution in [3.63, 3.8) is 0 Å². The number of hydrogen-bond acceptors (Lipinski definition) is 2. The predicted molar refractivity (Wildman–Crippen MR) is 51.0 cm³/mol. The lowest BCUT2D eigenvalue weighted by Gasteiger charge is -2.33. The van der Waals surface area contributed by atoms with Crippen molar-refractivity contribution in [2.24, 2.45) is 11.7 Å². The molecule has 1 atom stereocenters. The topological polar surface area (TPSA) is 35.2 Å². The summed E-state index contributed by atoms with van der Waals surface area (Å²) in [5.41, 5.74) is 6.17. The van der Waals surface area contributed by atoms with Gasteiger partial charge in [-0.1, -0.05) is 13.8 Å². The van der Waals surface area contributed by atoms with Crippen LogP contribution in [0.1, 0.15) is 39.5 Å². The van der Waals surface area contributed by atoms with E-state index in [4.69, 9.17) is 10.5 Å². The fourth-order valence-electron chi connectivity index (χ4n) is 1.65. The second-order valence-corrected chi connectivity index (χ2v) is 4.45. The summed E-state index contributed by atoms with van der Waals surface area (Å²) in [5, 5.41) is 0. The SMILES string of the molecule is CC(C)CCC1(N)CCCOC1. The molecule has 1 heterocycles. The Morgan fingerprint density at radius 1 is 1.50 bits per heavy atom. The molecule has 12 heavy (non-hydrogen) atoms. The van der Waals surface area contributed by atoms with Gasteiger partial charge in [-0.05, 0) is 31.6 Å². The number of nitrogens with two attached hydrogens (primary N) is 1. The Bertz CT molecular complexity index is 128. The van der Waals surface area contributed by atoms with Crippen LogP contribution in [0.2, 0.25) is 0 Å². The van der Waals surface area contributed by atoms with E-state index < -0.39 is 0 Å². The Hall–Kier alpha value is -0.0800. The molecule has 1 saturated heterocycles. The molecule has 1 aliphatic rings. The summed E-state index contributed by atoms with van der Waals surface area (Å²) >= 11 is 0. The fraction of sp³-hybridized carbons (Fsp3) is 1.00. The van der Waals surface area contributed by atoms with E-state index in [1.54, 1.807) is 0 Å². The molecular formula is C10H21NO. The van der Waals surface area contributed by atoms with Gasteiger partial charge in [0.25, 0.3) is 0 Å². The van der Waals surface area contributed by atoms with E-state index in [-0.39, 0.29) is 5.54 Å². The van der Waals surface area contributed by atoms with Crippen LogP contribution in [0.25, 0.3) is 0 Å². The lowest BCUT2D eigenvalue weighted by molar-refractivity contribution is 0.0323. The number of ether oxygens (including phenoxy) is 1. The first kappa shape index (κ1) is 10.0. The molecule has 1 aliphatic heterocycles. The molecule has 2 N–H and O–H groups in total. The molecule has 2 heteroatoms. The molecule has 1 fully saturated rings. The minimum Gasteiger partial charge on any atom is -0.380 e. The summed E-state index contributed by atoms with van der Waals surface area (Å²) in [6, 6.07) is 0. The third-order valence-electron chi connectivity index (χ3n) is 2.57. The van der Waals surface area contributed by atoms with Gasteiger partial charge in [-0.25, -0.2) is 0 Å². The molecule has 72 valence electrons. The van der Waals surface area contributed by atoms with E-state index >= 15 is 0 Å². The van der Waals surface area contributed by atoms with E-state index in [0.717, 1.165) is 38.4 Å². The highest BCUT2D eigenvalue weighted by atomic mass is 16.5. The zero-order chi connectivity index (χ0) is 9.03. The average molecular weight is 171 g/mol. The fourth-order valence-corrected chi connectivity index (χ4v) is 1.65. The van der Waals surface area contributed by atoms with Gasteiger partial charge in [0.1, 0.15) is 0 Å². The van der Waals surface area contributed by atoms with Crippen molar-refractivity contribution < 1.29 is 4.74 Å². The lowest BCUT2D eigenvalue weighted by Crippen LogP contribution is -2.47. The largest absolute Gasteiger partial charge is 0.380 e. The van der Waals surface area contributed by atoms with E-state index in [0.29, 0.717) is 0 Å². The molecule has 0 aliphatic carbocycles. The minimum absolute atomic E-state index is 0.0114. The first-order valence-corrected chi connectivity index (χ1v) is 4.99. The van der Waals surface area contributed by atoms with Crippen LogP contribution in [0.3, 0.4) is 0 Å². The summed E-state index contributed by atoms with van der Waals surface area (Å²) in [5.74, 6) is 0.757. The summed E-state index contributed by atoms with van der Waals surface area (Å²) < 4.78 is 5.39. The van der Waals surface area contributed by atoms with Gasteiger partial charge in [0.2, 0.25) is 0 Å². The van der Waals surface area contributed by atoms with E-state index in [9.17, 15) is 0 Å². The molecule has 0 aromatic carbocycles. The van der Waals surface area contributed by atoms with Gasteiger partial charge >= 0.3 is 0 Å². The molecule has 0 bridgehead atoms. The van der Waals surface area contributed by atoms with Crippen molar-refractivity contribution in [3.05, 3.63) is 0 Å². The molecule has 0 amide bonds. The highest BCUT2D eigenvalue weighted by Gasteiger charge is 2.27. The highest BCUT2D eigenvalue weighted by Crippen LogP contribution is 2.23. The van der Waals surface area contributed by atoms with Crippen molar-refractivity contribution in [3.8, 4) is 0 Å². The summed E-state index contributed by atoms with van der Waals surface area (Å²) in [4.78, 5) is 0. The van der Waals surface area contributed by atoms with Crippen LogP contribution in [0.4, 0.5) is 0 Å². The Balaban J connectivity index is 2.26. The first-order chi connectivity index (χ1) is 5.62. The van der Waals surface area contributed by atoms with Gasteiger partial charge in [-0.15, -0.1) is 0 Å². The van der Waals surface area contributed by atoms with Crippen LogP contribution in [0.5, 0.6) is 0 Å². The highest BCUT2D eigenvalue weighted by molar-refractivity contribution is 4.86. The molecule has 0 aromatic heterocycles. The Morgan fingerprint density at radius 2 is 2.25 bits per heavy atom. The van der Waals surface area contributed by atoms with Crippen LogP contribution in [-0.4, -0.2) is 18.8 Å². The Labute approximate surface area is 75.5 Å². The second kappa shape index (κ2) is 4.24. The molecule has 1 unspecified atom stereocenters. The monoisotopic (exact) mass is 171 g/mol.